The van der Waals surface area contributed by atoms with E-state index in [9.17, 15) is 8.42 Å². The molecule has 0 heterocycles. The Hall–Kier alpha value is -0.910. The van der Waals surface area contributed by atoms with Crippen LogP contribution >= 0.6 is 0 Å². The standard InChI is InChI=1S/C26H46O3S.H3N/c1-6-7-8-9-10-11-12-13-14-15-16-17-18-19-20-29-30(27,28)26-23(3)21-22(2)24(4)25(26)5;/h21H,6-20H2,1-5H3;1H3. The van der Waals surface area contributed by atoms with Crippen LogP contribution in [-0.2, 0) is 14.3 Å². The highest BCUT2D eigenvalue weighted by Gasteiger charge is 2.22. The molecule has 1 rings (SSSR count). The molecule has 0 aliphatic heterocycles. The monoisotopic (exact) mass is 455 g/mol. The molecule has 0 amide bonds. The number of hydrogen-bond donors (Lipinski definition) is 1. The fraction of sp³-hybridized carbons (Fsp3) is 0.769. The van der Waals surface area contributed by atoms with Gasteiger partial charge in [0.1, 0.15) is 4.90 Å². The van der Waals surface area contributed by atoms with Crippen LogP contribution in [-0.4, -0.2) is 15.0 Å². The predicted molar refractivity (Wildman–Crippen MR) is 134 cm³/mol. The van der Waals surface area contributed by atoms with Crippen molar-refractivity contribution in [1.82, 2.24) is 6.15 Å². The number of rotatable bonds is 17. The van der Waals surface area contributed by atoms with E-state index in [1.54, 1.807) is 0 Å². The summed E-state index contributed by atoms with van der Waals surface area (Å²) < 4.78 is 30.6. The van der Waals surface area contributed by atoms with Crippen molar-refractivity contribution in [3.63, 3.8) is 0 Å². The lowest BCUT2D eigenvalue weighted by Crippen LogP contribution is -2.12. The van der Waals surface area contributed by atoms with Crippen LogP contribution in [0.25, 0.3) is 0 Å². The third kappa shape index (κ3) is 11.5. The Kier molecular flexibility index (Phi) is 16.2. The number of aryl methyl sites for hydroxylation is 2. The zero-order valence-electron chi connectivity index (χ0n) is 21.0. The molecular formula is C26H49NO3S. The van der Waals surface area contributed by atoms with Crippen LogP contribution in [0.2, 0.25) is 0 Å². The summed E-state index contributed by atoms with van der Waals surface area (Å²) in [7, 11) is -3.68. The summed E-state index contributed by atoms with van der Waals surface area (Å²) in [4.78, 5) is 0.357. The molecule has 0 aliphatic carbocycles. The Morgan fingerprint density at radius 1 is 0.645 bits per heavy atom. The van der Waals surface area contributed by atoms with E-state index in [1.807, 2.05) is 33.8 Å². The zero-order chi connectivity index (χ0) is 22.4. The van der Waals surface area contributed by atoms with Crippen molar-refractivity contribution >= 4 is 10.1 Å². The van der Waals surface area contributed by atoms with Crippen LogP contribution in [0.4, 0.5) is 0 Å². The largest absolute Gasteiger partial charge is 0.344 e. The van der Waals surface area contributed by atoms with Gasteiger partial charge in [0, 0.05) is 0 Å². The minimum absolute atomic E-state index is 0. The maximum atomic E-state index is 12.6. The highest BCUT2D eigenvalue weighted by Crippen LogP contribution is 2.27. The fourth-order valence-corrected chi connectivity index (χ4v) is 5.61. The summed E-state index contributed by atoms with van der Waals surface area (Å²) >= 11 is 0. The second-order valence-corrected chi connectivity index (χ2v) is 10.5. The maximum absolute atomic E-state index is 12.6. The lowest BCUT2D eigenvalue weighted by Gasteiger charge is -2.15. The first-order chi connectivity index (χ1) is 14.3. The molecule has 0 bridgehead atoms. The first kappa shape index (κ1) is 30.1. The topological polar surface area (TPSA) is 78.4 Å². The van der Waals surface area contributed by atoms with Gasteiger partial charge in [0.25, 0.3) is 10.1 Å². The highest BCUT2D eigenvalue weighted by atomic mass is 32.2. The average molecular weight is 456 g/mol. The molecule has 3 N–H and O–H groups in total. The van der Waals surface area contributed by atoms with E-state index < -0.39 is 10.1 Å². The Bertz CT molecular complexity index is 714. The van der Waals surface area contributed by atoms with Crippen LogP contribution in [0.15, 0.2) is 11.0 Å². The van der Waals surface area contributed by atoms with Crippen molar-refractivity contribution in [3.8, 4) is 0 Å². The molecule has 5 heteroatoms. The summed E-state index contributed by atoms with van der Waals surface area (Å²) in [6.45, 7) is 10.3. The summed E-state index contributed by atoms with van der Waals surface area (Å²) in [6.07, 6.45) is 18.0. The first-order valence-corrected chi connectivity index (χ1v) is 13.7. The molecule has 182 valence electrons. The summed E-state index contributed by atoms with van der Waals surface area (Å²) in [6, 6.07) is 1.94. The van der Waals surface area contributed by atoms with Gasteiger partial charge >= 0.3 is 0 Å². The third-order valence-corrected chi connectivity index (χ3v) is 7.88. The third-order valence-electron chi connectivity index (χ3n) is 6.27. The zero-order valence-corrected chi connectivity index (χ0v) is 21.8. The van der Waals surface area contributed by atoms with Gasteiger partial charge in [-0.1, -0.05) is 96.5 Å². The molecule has 0 atom stereocenters. The summed E-state index contributed by atoms with van der Waals surface area (Å²) in [5, 5.41) is 0. The minimum Gasteiger partial charge on any atom is -0.344 e. The van der Waals surface area contributed by atoms with E-state index in [2.05, 4.69) is 6.92 Å². The van der Waals surface area contributed by atoms with Crippen molar-refractivity contribution in [2.45, 2.75) is 129 Å². The number of unbranched alkanes of at least 4 members (excludes halogenated alkanes) is 13. The molecule has 0 radical (unpaired) electrons. The van der Waals surface area contributed by atoms with Gasteiger partial charge in [-0.05, 0) is 56.4 Å². The molecule has 0 fully saturated rings. The van der Waals surface area contributed by atoms with Gasteiger partial charge in [0.05, 0.1) is 6.61 Å². The van der Waals surface area contributed by atoms with E-state index in [0.717, 1.165) is 35.1 Å². The fourth-order valence-electron chi connectivity index (χ4n) is 4.17. The van der Waals surface area contributed by atoms with Crippen molar-refractivity contribution in [2.24, 2.45) is 0 Å². The summed E-state index contributed by atoms with van der Waals surface area (Å²) in [5.74, 6) is 0. The Labute approximate surface area is 193 Å². The van der Waals surface area contributed by atoms with Gasteiger partial charge in [-0.15, -0.1) is 0 Å². The lowest BCUT2D eigenvalue weighted by atomic mass is 10.0. The maximum Gasteiger partial charge on any atom is 0.297 e. The molecule has 1 aromatic carbocycles. The predicted octanol–water partition coefficient (Wildman–Crippen LogP) is 8.27. The van der Waals surface area contributed by atoms with Crippen LogP contribution in [0.3, 0.4) is 0 Å². The van der Waals surface area contributed by atoms with E-state index >= 15 is 0 Å². The number of hydrogen-bond acceptors (Lipinski definition) is 4. The Morgan fingerprint density at radius 3 is 1.52 bits per heavy atom. The second-order valence-electron chi connectivity index (χ2n) is 8.96. The smallest absolute Gasteiger partial charge is 0.297 e. The molecule has 0 saturated carbocycles. The SMILES string of the molecule is CCCCCCCCCCCCCCCCOS(=O)(=O)c1c(C)cc(C)c(C)c1C.N. The lowest BCUT2D eigenvalue weighted by molar-refractivity contribution is 0.305. The molecule has 0 unspecified atom stereocenters. The molecule has 0 saturated heterocycles. The van der Waals surface area contributed by atoms with E-state index in [-0.39, 0.29) is 12.8 Å². The molecule has 1 aromatic rings. The van der Waals surface area contributed by atoms with Crippen molar-refractivity contribution in [3.05, 3.63) is 28.3 Å². The van der Waals surface area contributed by atoms with E-state index in [1.165, 1.54) is 77.0 Å². The van der Waals surface area contributed by atoms with Crippen LogP contribution < -0.4 is 6.15 Å². The van der Waals surface area contributed by atoms with Crippen LogP contribution in [0.1, 0.15) is 119 Å². The molecule has 0 aromatic heterocycles. The van der Waals surface area contributed by atoms with Crippen molar-refractivity contribution < 1.29 is 12.6 Å². The molecule has 4 nitrogen and oxygen atoms in total. The van der Waals surface area contributed by atoms with Gasteiger partial charge in [-0.2, -0.15) is 8.42 Å². The average Bonchev–Trinajstić information content (AvgIpc) is 2.69. The van der Waals surface area contributed by atoms with Gasteiger partial charge in [0.2, 0.25) is 0 Å². The highest BCUT2D eigenvalue weighted by molar-refractivity contribution is 7.86. The Balaban J connectivity index is 0.00000900. The van der Waals surface area contributed by atoms with Gasteiger partial charge in [-0.25, -0.2) is 0 Å². The van der Waals surface area contributed by atoms with E-state index in [0.29, 0.717) is 4.90 Å². The normalized spacial score (nSPS) is 11.5. The van der Waals surface area contributed by atoms with Crippen molar-refractivity contribution in [2.75, 3.05) is 6.61 Å². The molecule has 0 aliphatic rings. The number of benzene rings is 1. The van der Waals surface area contributed by atoms with Crippen molar-refractivity contribution in [1.29, 1.82) is 0 Å². The summed E-state index contributed by atoms with van der Waals surface area (Å²) in [5.41, 5.74) is 3.74. The second kappa shape index (κ2) is 16.7. The first-order valence-electron chi connectivity index (χ1n) is 12.3. The molecule has 31 heavy (non-hydrogen) atoms. The van der Waals surface area contributed by atoms with Crippen LogP contribution in [0.5, 0.6) is 0 Å². The van der Waals surface area contributed by atoms with Crippen LogP contribution in [0, 0.1) is 27.7 Å². The minimum atomic E-state index is -3.68. The quantitative estimate of drug-likeness (QED) is 0.189. The molecule has 0 spiro atoms. The molecular weight excluding hydrogens is 406 g/mol. The Morgan fingerprint density at radius 2 is 1.06 bits per heavy atom. The van der Waals surface area contributed by atoms with E-state index in [4.69, 9.17) is 4.18 Å². The van der Waals surface area contributed by atoms with Gasteiger partial charge < -0.3 is 6.15 Å². The van der Waals surface area contributed by atoms with Gasteiger partial charge in [-0.3, -0.25) is 4.18 Å². The van der Waals surface area contributed by atoms with Gasteiger partial charge in [0.15, 0.2) is 0 Å².